The molecule has 1 aromatic heterocycles. The van der Waals surface area contributed by atoms with Crippen molar-refractivity contribution in [2.24, 2.45) is 0 Å². The Morgan fingerprint density at radius 1 is 1.10 bits per heavy atom. The third kappa shape index (κ3) is 2.32. The largest absolute Gasteiger partial charge is 0.495 e. The van der Waals surface area contributed by atoms with Crippen molar-refractivity contribution in [2.75, 3.05) is 7.11 Å². The number of benzene rings is 1. The van der Waals surface area contributed by atoms with Gasteiger partial charge in [-0.1, -0.05) is 40.7 Å². The molecule has 0 radical (unpaired) electrons. The number of aromatic nitrogens is 1. The molecular weight excluding hydrogens is 274 g/mol. The third-order valence-electron chi connectivity index (χ3n) is 5.26. The molecule has 0 unspecified atom stereocenters. The first-order chi connectivity index (χ1) is 9.90. The Kier molecular flexibility index (Phi) is 4.52. The van der Waals surface area contributed by atoms with Crippen molar-refractivity contribution in [3.63, 3.8) is 0 Å². The molecule has 0 N–H and O–H groups in total. The van der Waals surface area contributed by atoms with E-state index in [0.717, 1.165) is 5.75 Å². The molecule has 0 bridgehead atoms. The molecule has 0 aliphatic heterocycles. The Bertz CT molecular complexity index is 619. The second-order valence-corrected chi connectivity index (χ2v) is 12.2. The number of rotatable bonds is 5. The zero-order chi connectivity index (χ0) is 15.8. The molecule has 0 aliphatic rings. The van der Waals surface area contributed by atoms with Crippen LogP contribution in [-0.2, 0) is 0 Å². The van der Waals surface area contributed by atoms with Crippen molar-refractivity contribution in [3.05, 3.63) is 30.0 Å². The van der Waals surface area contributed by atoms with Crippen LogP contribution in [0.5, 0.6) is 5.75 Å². The van der Waals surface area contributed by atoms with Gasteiger partial charge in [-0.25, -0.2) is 0 Å². The molecule has 0 amide bonds. The van der Waals surface area contributed by atoms with Gasteiger partial charge in [-0.2, -0.15) is 0 Å². The fourth-order valence-electron chi connectivity index (χ4n) is 4.09. The van der Waals surface area contributed by atoms with Crippen LogP contribution in [0.2, 0.25) is 17.1 Å². The van der Waals surface area contributed by atoms with Gasteiger partial charge in [0, 0.05) is 5.39 Å². The maximum absolute atomic E-state index is 5.68. The topological polar surface area (TPSA) is 14.2 Å². The lowest BCUT2D eigenvalue weighted by Gasteiger charge is -2.40. The standard InChI is InChI=1S/C18H29NOSi/c1-8-21(13(2)3,14(4)5)19-12-11-16-15(6)9-10-17(20-7)18(16)19/h9-14H,8H2,1-7H3. The molecule has 2 nitrogen and oxygen atoms in total. The second-order valence-electron chi connectivity index (χ2n) is 6.69. The molecule has 0 saturated heterocycles. The molecule has 2 aromatic rings. The number of hydrogen-bond acceptors (Lipinski definition) is 1. The van der Waals surface area contributed by atoms with E-state index in [-0.39, 0.29) is 0 Å². The maximum atomic E-state index is 5.68. The number of methoxy groups -OCH3 is 1. The highest BCUT2D eigenvalue weighted by Crippen LogP contribution is 2.41. The molecule has 0 saturated carbocycles. The summed E-state index contributed by atoms with van der Waals surface area (Å²) in [6.07, 6.45) is 2.32. The SMILES string of the molecule is CC[Si](C(C)C)(C(C)C)n1ccc2c(C)ccc(OC)c21. The minimum Gasteiger partial charge on any atom is -0.495 e. The highest BCUT2D eigenvalue weighted by Gasteiger charge is 2.41. The van der Waals surface area contributed by atoms with Crippen molar-refractivity contribution in [2.45, 2.75) is 58.7 Å². The van der Waals surface area contributed by atoms with E-state index < -0.39 is 8.24 Å². The minimum absolute atomic E-state index is 0.698. The minimum atomic E-state index is -1.65. The number of nitrogens with zero attached hydrogens (tertiary/aromatic N) is 1. The molecule has 0 fully saturated rings. The number of aryl methyl sites for hydroxylation is 1. The number of hydrogen-bond donors (Lipinski definition) is 0. The van der Waals surface area contributed by atoms with Gasteiger partial charge < -0.3 is 8.97 Å². The second kappa shape index (κ2) is 5.88. The summed E-state index contributed by atoms with van der Waals surface area (Å²) in [5.41, 5.74) is 4.02. The van der Waals surface area contributed by atoms with Gasteiger partial charge in [-0.05, 0) is 47.9 Å². The normalized spacial score (nSPS) is 12.6. The van der Waals surface area contributed by atoms with Crippen LogP contribution in [0.4, 0.5) is 0 Å². The van der Waals surface area contributed by atoms with Crippen molar-refractivity contribution in [3.8, 4) is 5.75 Å². The van der Waals surface area contributed by atoms with E-state index >= 15 is 0 Å². The molecule has 1 heterocycles. The van der Waals surface area contributed by atoms with Crippen LogP contribution in [0.15, 0.2) is 24.4 Å². The van der Waals surface area contributed by atoms with Crippen LogP contribution < -0.4 is 4.74 Å². The van der Waals surface area contributed by atoms with Gasteiger partial charge in [-0.3, -0.25) is 0 Å². The average molecular weight is 304 g/mol. The maximum Gasteiger partial charge on any atom is 0.166 e. The predicted molar refractivity (Wildman–Crippen MR) is 95.1 cm³/mol. The first-order valence-corrected chi connectivity index (χ1v) is 10.4. The Balaban J connectivity index is 2.84. The van der Waals surface area contributed by atoms with Gasteiger partial charge >= 0.3 is 0 Å². The van der Waals surface area contributed by atoms with Crippen LogP contribution in [-0.4, -0.2) is 19.6 Å². The summed E-state index contributed by atoms with van der Waals surface area (Å²) in [7, 11) is 0.133. The van der Waals surface area contributed by atoms with Crippen molar-refractivity contribution >= 4 is 19.1 Å². The lowest BCUT2D eigenvalue weighted by molar-refractivity contribution is 0.418. The predicted octanol–water partition coefficient (Wildman–Crippen LogP) is 5.59. The van der Waals surface area contributed by atoms with E-state index in [4.69, 9.17) is 4.74 Å². The van der Waals surface area contributed by atoms with E-state index in [1.165, 1.54) is 22.5 Å². The molecule has 3 heteroatoms. The molecule has 2 rings (SSSR count). The van der Waals surface area contributed by atoms with Crippen LogP contribution in [0, 0.1) is 6.92 Å². The summed E-state index contributed by atoms with van der Waals surface area (Å²) in [4.78, 5) is 0. The molecule has 116 valence electrons. The van der Waals surface area contributed by atoms with Crippen molar-refractivity contribution < 1.29 is 4.74 Å². The molecular formula is C18H29NOSi. The lowest BCUT2D eigenvalue weighted by Crippen LogP contribution is -2.48. The Labute approximate surface area is 130 Å². The van der Waals surface area contributed by atoms with E-state index in [2.05, 4.69) is 70.2 Å². The summed E-state index contributed by atoms with van der Waals surface area (Å²) < 4.78 is 8.30. The van der Waals surface area contributed by atoms with Crippen LogP contribution in [0.1, 0.15) is 40.2 Å². The summed E-state index contributed by atoms with van der Waals surface area (Å²) in [6.45, 7) is 14.1. The smallest absolute Gasteiger partial charge is 0.166 e. The average Bonchev–Trinajstić information content (AvgIpc) is 2.86. The zero-order valence-corrected chi connectivity index (χ0v) is 15.5. The van der Waals surface area contributed by atoms with E-state index in [0.29, 0.717) is 11.1 Å². The molecule has 1 aromatic carbocycles. The fourth-order valence-corrected chi connectivity index (χ4v) is 9.51. The van der Waals surface area contributed by atoms with Gasteiger partial charge in [0.1, 0.15) is 5.75 Å². The lowest BCUT2D eigenvalue weighted by atomic mass is 10.1. The summed E-state index contributed by atoms with van der Waals surface area (Å²) in [6, 6.07) is 7.80. The molecule has 0 aliphatic carbocycles. The van der Waals surface area contributed by atoms with Crippen LogP contribution >= 0.6 is 0 Å². The Morgan fingerprint density at radius 3 is 2.19 bits per heavy atom. The van der Waals surface area contributed by atoms with Gasteiger partial charge in [0.05, 0.1) is 12.6 Å². The van der Waals surface area contributed by atoms with E-state index in [1.54, 1.807) is 7.11 Å². The zero-order valence-electron chi connectivity index (χ0n) is 14.5. The first kappa shape index (κ1) is 16.2. The van der Waals surface area contributed by atoms with Gasteiger partial charge in [0.2, 0.25) is 0 Å². The summed E-state index contributed by atoms with van der Waals surface area (Å²) in [5, 5.41) is 1.33. The molecule has 21 heavy (non-hydrogen) atoms. The van der Waals surface area contributed by atoms with Crippen molar-refractivity contribution in [1.82, 2.24) is 4.23 Å². The Morgan fingerprint density at radius 2 is 1.71 bits per heavy atom. The molecule has 0 spiro atoms. The van der Waals surface area contributed by atoms with Crippen LogP contribution in [0.3, 0.4) is 0 Å². The van der Waals surface area contributed by atoms with Gasteiger partial charge in [0.15, 0.2) is 8.24 Å². The fraction of sp³-hybridized carbons (Fsp3) is 0.556. The number of ether oxygens (including phenoxy) is 1. The Hall–Kier alpha value is -1.22. The van der Waals surface area contributed by atoms with Gasteiger partial charge in [-0.15, -0.1) is 0 Å². The highest BCUT2D eigenvalue weighted by atomic mass is 28.3. The highest BCUT2D eigenvalue weighted by molar-refractivity contribution is 6.81. The quantitative estimate of drug-likeness (QED) is 0.656. The van der Waals surface area contributed by atoms with Crippen LogP contribution in [0.25, 0.3) is 10.9 Å². The molecule has 0 atom stereocenters. The number of fused-ring (bicyclic) bond motifs is 1. The summed E-state index contributed by atoms with van der Waals surface area (Å²) >= 11 is 0. The van der Waals surface area contributed by atoms with E-state index in [1.807, 2.05) is 0 Å². The summed E-state index contributed by atoms with van der Waals surface area (Å²) in [5.74, 6) is 1.01. The van der Waals surface area contributed by atoms with Crippen molar-refractivity contribution in [1.29, 1.82) is 0 Å². The van der Waals surface area contributed by atoms with Gasteiger partial charge in [0.25, 0.3) is 0 Å². The monoisotopic (exact) mass is 303 g/mol. The third-order valence-corrected chi connectivity index (χ3v) is 11.7. The van der Waals surface area contributed by atoms with E-state index in [9.17, 15) is 0 Å². The first-order valence-electron chi connectivity index (χ1n) is 8.05.